The summed E-state index contributed by atoms with van der Waals surface area (Å²) in [6.45, 7) is 2.01. The van der Waals surface area contributed by atoms with Crippen molar-refractivity contribution in [1.82, 2.24) is 10.0 Å². The van der Waals surface area contributed by atoms with Crippen LogP contribution in [0.15, 0.2) is 11.4 Å². The minimum Gasteiger partial charge on any atom is -0.399 e. The highest BCUT2D eigenvalue weighted by Gasteiger charge is 2.27. The maximum atomic E-state index is 5.75. The van der Waals surface area contributed by atoms with Crippen LogP contribution in [0.4, 0.5) is 0 Å². The molecule has 58 valence electrons. The van der Waals surface area contributed by atoms with Gasteiger partial charge < -0.3 is 10.7 Å². The molecule has 2 N–H and O–H groups in total. The molecule has 0 bridgehead atoms. The van der Waals surface area contributed by atoms with Crippen molar-refractivity contribution in [2.45, 2.75) is 11.9 Å². The minimum absolute atomic E-state index is 0.164. The third-order valence-electron chi connectivity index (χ3n) is 1.96. The Balaban J connectivity index is 2.88. The summed E-state index contributed by atoms with van der Waals surface area (Å²) in [7, 11) is 3.98. The number of nitrogens with two attached hydrogens (primary N) is 1. The van der Waals surface area contributed by atoms with Crippen molar-refractivity contribution < 1.29 is 0 Å². The summed E-state index contributed by atoms with van der Waals surface area (Å²) >= 11 is 3.45. The molecule has 1 unspecified atom stereocenters. The summed E-state index contributed by atoms with van der Waals surface area (Å²) in [6.07, 6.45) is 0. The predicted molar refractivity (Wildman–Crippen MR) is 45.1 cm³/mol. The second-order valence-corrected chi connectivity index (χ2v) is 3.34. The monoisotopic (exact) mass is 205 g/mol. The van der Waals surface area contributed by atoms with Gasteiger partial charge in [-0.1, -0.05) is 15.9 Å². The van der Waals surface area contributed by atoms with Crippen molar-refractivity contribution in [1.29, 1.82) is 0 Å². The van der Waals surface area contributed by atoms with E-state index >= 15 is 0 Å². The first-order valence-electron chi connectivity index (χ1n) is 3.12. The molecule has 0 radical (unpaired) electrons. The van der Waals surface area contributed by atoms with E-state index in [2.05, 4.69) is 15.9 Å². The van der Waals surface area contributed by atoms with Crippen LogP contribution in [0, 0.1) is 0 Å². The van der Waals surface area contributed by atoms with Crippen molar-refractivity contribution in [2.24, 2.45) is 5.73 Å². The fourth-order valence-electron chi connectivity index (χ4n) is 0.949. The van der Waals surface area contributed by atoms with Gasteiger partial charge in [-0.3, -0.25) is 0 Å². The Morgan fingerprint density at radius 3 is 2.10 bits per heavy atom. The quantitative estimate of drug-likeness (QED) is 0.467. The smallest absolute Gasteiger partial charge is 0.125 e. The van der Waals surface area contributed by atoms with Crippen LogP contribution in [0.1, 0.15) is 6.92 Å². The number of halogens is 1. The van der Waals surface area contributed by atoms with Crippen LogP contribution in [-0.2, 0) is 0 Å². The Morgan fingerprint density at radius 2 is 2.00 bits per heavy atom. The molecule has 0 fully saturated rings. The number of hydrogen-bond donors (Lipinski definition) is 1. The highest BCUT2D eigenvalue weighted by Crippen LogP contribution is 2.25. The minimum atomic E-state index is 0.164. The van der Waals surface area contributed by atoms with E-state index in [0.29, 0.717) is 0 Å². The molecule has 1 heterocycles. The molecular weight excluding hydrogens is 194 g/mol. The lowest BCUT2D eigenvalue weighted by Crippen LogP contribution is -2.34. The van der Waals surface area contributed by atoms with E-state index in [1.54, 1.807) is 0 Å². The summed E-state index contributed by atoms with van der Waals surface area (Å²) in [5.41, 5.74) is 7.76. The van der Waals surface area contributed by atoms with E-state index in [1.807, 2.05) is 31.0 Å². The van der Waals surface area contributed by atoms with Crippen LogP contribution in [0.5, 0.6) is 0 Å². The predicted octanol–water partition coefficient (Wildman–Crippen LogP) is 0.690. The lowest BCUT2D eigenvalue weighted by Gasteiger charge is -2.24. The fourth-order valence-corrected chi connectivity index (χ4v) is 1.56. The van der Waals surface area contributed by atoms with Crippen molar-refractivity contribution in [3.63, 3.8) is 0 Å². The van der Waals surface area contributed by atoms with Crippen molar-refractivity contribution >= 4 is 15.9 Å². The van der Waals surface area contributed by atoms with Crippen LogP contribution in [0.25, 0.3) is 0 Å². The van der Waals surface area contributed by atoms with Gasteiger partial charge in [0.15, 0.2) is 0 Å². The first-order chi connectivity index (χ1) is 4.55. The lowest BCUT2D eigenvalue weighted by atomic mass is 10.4. The van der Waals surface area contributed by atoms with Crippen LogP contribution >= 0.6 is 15.9 Å². The van der Waals surface area contributed by atoms with Gasteiger partial charge in [0.1, 0.15) is 4.95 Å². The summed E-state index contributed by atoms with van der Waals surface area (Å²) in [5.74, 6) is 0. The van der Waals surface area contributed by atoms with Crippen molar-refractivity contribution in [3.05, 3.63) is 11.4 Å². The molecule has 3 nitrogen and oxygen atoms in total. The average molecular weight is 206 g/mol. The molecule has 0 saturated heterocycles. The zero-order valence-corrected chi connectivity index (χ0v) is 8.01. The van der Waals surface area contributed by atoms with E-state index in [9.17, 15) is 0 Å². The third kappa shape index (κ3) is 0.914. The molecule has 0 aromatic carbocycles. The normalized spacial score (nSPS) is 28.4. The van der Waals surface area contributed by atoms with Gasteiger partial charge in [0.2, 0.25) is 0 Å². The van der Waals surface area contributed by atoms with Crippen LogP contribution < -0.4 is 5.73 Å². The molecular formula is C6H12BrN3. The van der Waals surface area contributed by atoms with Crippen LogP contribution in [0.3, 0.4) is 0 Å². The maximum absolute atomic E-state index is 5.75. The van der Waals surface area contributed by atoms with Gasteiger partial charge in [0.05, 0.1) is 5.70 Å². The Hall–Kier alpha value is -0.220. The molecule has 1 aliphatic heterocycles. The standard InChI is InChI=1S/C6H12BrN3/c1-4-5(8)6(7)10(3)9(4)2/h6H,8H2,1-3H3. The molecule has 1 atom stereocenters. The van der Waals surface area contributed by atoms with Gasteiger partial charge in [-0.05, 0) is 6.92 Å². The zero-order valence-electron chi connectivity index (χ0n) is 6.43. The third-order valence-corrected chi connectivity index (χ3v) is 3.05. The van der Waals surface area contributed by atoms with Gasteiger partial charge in [-0.25, -0.2) is 5.01 Å². The van der Waals surface area contributed by atoms with Crippen molar-refractivity contribution in [2.75, 3.05) is 14.1 Å². The number of alkyl halides is 1. The van der Waals surface area contributed by atoms with Crippen molar-refractivity contribution in [3.8, 4) is 0 Å². The summed E-state index contributed by atoms with van der Waals surface area (Å²) in [5, 5.41) is 4.05. The summed E-state index contributed by atoms with van der Waals surface area (Å²) in [6, 6.07) is 0. The second kappa shape index (κ2) is 2.43. The molecule has 4 heteroatoms. The molecule has 0 aliphatic carbocycles. The highest BCUT2D eigenvalue weighted by molar-refractivity contribution is 9.09. The molecule has 1 rings (SSSR count). The zero-order chi connectivity index (χ0) is 7.89. The van der Waals surface area contributed by atoms with E-state index in [-0.39, 0.29) is 4.95 Å². The van der Waals surface area contributed by atoms with Gasteiger partial charge in [-0.2, -0.15) is 0 Å². The van der Waals surface area contributed by atoms with Gasteiger partial charge in [0.25, 0.3) is 0 Å². The number of allylic oxidation sites excluding steroid dienone is 1. The number of hydrazine groups is 1. The SMILES string of the molecule is CC1=C(N)C(Br)N(C)N1C. The first kappa shape index (κ1) is 7.88. The highest BCUT2D eigenvalue weighted by atomic mass is 79.9. The van der Waals surface area contributed by atoms with E-state index in [4.69, 9.17) is 5.73 Å². The van der Waals surface area contributed by atoms with Gasteiger partial charge >= 0.3 is 0 Å². The number of nitrogens with zero attached hydrogens (tertiary/aromatic N) is 2. The van der Waals surface area contributed by atoms with Gasteiger partial charge in [0, 0.05) is 19.8 Å². The van der Waals surface area contributed by atoms with E-state index in [1.165, 1.54) is 0 Å². The van der Waals surface area contributed by atoms with Gasteiger partial charge in [-0.15, -0.1) is 0 Å². The molecule has 0 aromatic rings. The summed E-state index contributed by atoms with van der Waals surface area (Å²) in [4.78, 5) is 0.164. The average Bonchev–Trinajstić information content (AvgIpc) is 2.07. The lowest BCUT2D eigenvalue weighted by molar-refractivity contribution is 0.0931. The Morgan fingerprint density at radius 1 is 1.50 bits per heavy atom. The number of rotatable bonds is 0. The molecule has 0 saturated carbocycles. The fraction of sp³-hybridized carbons (Fsp3) is 0.667. The number of likely N-dealkylation sites (N-methyl/N-ethyl adjacent to an activating group) is 1. The number of hydrogen-bond acceptors (Lipinski definition) is 3. The van der Waals surface area contributed by atoms with Crippen LogP contribution in [0.2, 0.25) is 0 Å². The Labute approximate surface area is 69.6 Å². The molecule has 0 amide bonds. The largest absolute Gasteiger partial charge is 0.399 e. The molecule has 1 aliphatic rings. The second-order valence-electron chi connectivity index (χ2n) is 2.47. The van der Waals surface area contributed by atoms with E-state index in [0.717, 1.165) is 11.4 Å². The molecule has 0 spiro atoms. The Bertz CT molecular complexity index is 160. The first-order valence-corrected chi connectivity index (χ1v) is 4.04. The van der Waals surface area contributed by atoms with Crippen LogP contribution in [-0.4, -0.2) is 29.1 Å². The summed E-state index contributed by atoms with van der Waals surface area (Å²) < 4.78 is 0. The maximum Gasteiger partial charge on any atom is 0.125 e. The molecule has 0 aromatic heterocycles. The topological polar surface area (TPSA) is 32.5 Å². The van der Waals surface area contributed by atoms with E-state index < -0.39 is 0 Å². The Kier molecular flexibility index (Phi) is 1.92. The molecule has 10 heavy (non-hydrogen) atoms.